The lowest BCUT2D eigenvalue weighted by atomic mass is 9.96. The van der Waals surface area contributed by atoms with E-state index in [1.165, 1.54) is 154 Å². The first kappa shape index (κ1) is 101. The standard InChI is InChI=1S/C92H157NO18/c1-3-5-7-9-11-13-15-17-19-21-23-25-27-29-31-33-35-37-39-41-43-45-47-49-51-53-55-57-59-61-63-65-67-69-76(97)75(74-106-90-86(104)83(101)88(78(72-95)108-90)111-92-87(105)84(102)89(79(73-96)109-92)110-91-85(103)82(100)81(99)77(71-94)107-91)93-80(98)70-68-66-64-62-60-58-56-54-52-50-48-46-44-42-40-38-36-34-32-30-28-26-24-22-20-18-16-14-12-10-8-6-4-2/h6,8,12,14,18,20,24,26,30,32,36,38,42,44,48,50-51,53,59,61,67,69,75-79,81-92,94-97,99-105H,3-5,7,9-11,13,15-17,19,21-23,25,27-29,31,33-35,37,39-41,43,45-47,49,52,54-58,60,62-66,68,70-74H2,1-2H3,(H,93,98)/b8-6-,14-12-,20-18-,26-24-,32-30-,38-36-,44-42-,50-48-,53-51+,61-59+,69-67+. The fourth-order valence-electron chi connectivity index (χ4n) is 13.9. The number of ether oxygens (including phenoxy) is 6. The summed E-state index contributed by atoms with van der Waals surface area (Å²) in [4.78, 5) is 13.5. The average molecular weight is 1570 g/mol. The smallest absolute Gasteiger partial charge is 0.220 e. The van der Waals surface area contributed by atoms with Crippen molar-refractivity contribution in [1.82, 2.24) is 5.32 Å². The zero-order valence-corrected chi connectivity index (χ0v) is 68.6. The fourth-order valence-corrected chi connectivity index (χ4v) is 13.9. The Morgan fingerprint density at radius 1 is 0.333 bits per heavy atom. The van der Waals surface area contributed by atoms with Crippen molar-refractivity contribution < 1.29 is 89.4 Å². The van der Waals surface area contributed by atoms with Crippen molar-refractivity contribution in [2.75, 3.05) is 26.4 Å². The van der Waals surface area contributed by atoms with E-state index < -0.39 is 124 Å². The Hall–Kier alpha value is -4.07. The second-order valence-electron chi connectivity index (χ2n) is 30.6. The molecule has 17 unspecified atom stereocenters. The predicted octanol–water partition coefficient (Wildman–Crippen LogP) is 16.4. The van der Waals surface area contributed by atoms with Gasteiger partial charge in [-0.1, -0.05) is 327 Å². The third kappa shape index (κ3) is 48.9. The predicted molar refractivity (Wildman–Crippen MR) is 447 cm³/mol. The molecule has 17 atom stereocenters. The first-order valence-corrected chi connectivity index (χ1v) is 43.9. The highest BCUT2D eigenvalue weighted by Crippen LogP contribution is 2.33. The molecule has 3 aliphatic rings. The SMILES string of the molecule is CC/C=C\C/C=C\C/C=C\C/C=C\C/C=C\C/C=C\C/C=C\C/C=C\CCCCCCCCCCC(=O)NC(COC1OC(CO)C(OC2OC(CO)C(OC3OC(CO)C(O)C(O)C3O)C(O)C2O)C(O)C1O)C(O)/C=C/CC/C=C/CC/C=C/CCCCCCCCCCCCCCCCCCCCCCCCC. The summed E-state index contributed by atoms with van der Waals surface area (Å²) in [6.07, 6.45) is 74.5. The summed E-state index contributed by atoms with van der Waals surface area (Å²) in [5, 5.41) is 121. The van der Waals surface area contributed by atoms with Gasteiger partial charge in [-0.25, -0.2) is 0 Å². The van der Waals surface area contributed by atoms with Crippen LogP contribution in [0.4, 0.5) is 0 Å². The molecule has 3 saturated heterocycles. The van der Waals surface area contributed by atoms with Gasteiger partial charge < -0.3 is 89.9 Å². The Balaban J connectivity index is 1.37. The quantitative estimate of drug-likeness (QED) is 0.0199. The number of carbonyl (C=O) groups is 1. The summed E-state index contributed by atoms with van der Waals surface area (Å²) >= 11 is 0. The van der Waals surface area contributed by atoms with Gasteiger partial charge in [0.25, 0.3) is 0 Å². The van der Waals surface area contributed by atoms with E-state index in [9.17, 15) is 61.0 Å². The molecular weight excluding hydrogens is 1410 g/mol. The van der Waals surface area contributed by atoms with Crippen LogP contribution in [0, 0.1) is 0 Å². The molecule has 0 spiro atoms. The highest BCUT2D eigenvalue weighted by atomic mass is 16.8. The Bertz CT molecular complexity index is 2530. The number of hydrogen-bond donors (Lipinski definition) is 12. The van der Waals surface area contributed by atoms with Crippen LogP contribution in [0.3, 0.4) is 0 Å². The minimum absolute atomic E-state index is 0.213. The molecule has 3 rings (SSSR count). The van der Waals surface area contributed by atoms with Crippen LogP contribution in [0.5, 0.6) is 0 Å². The molecule has 12 N–H and O–H groups in total. The van der Waals surface area contributed by atoms with Crippen LogP contribution in [-0.4, -0.2) is 193 Å². The second-order valence-corrected chi connectivity index (χ2v) is 30.6. The monoisotopic (exact) mass is 1560 g/mol. The fraction of sp³-hybridized carbons (Fsp3) is 0.750. The largest absolute Gasteiger partial charge is 0.394 e. The number of unbranched alkanes of at least 4 members (excludes halogenated alkanes) is 33. The van der Waals surface area contributed by atoms with Gasteiger partial charge in [-0.15, -0.1) is 0 Å². The molecule has 0 aromatic rings. The van der Waals surface area contributed by atoms with Crippen LogP contribution in [-0.2, 0) is 33.2 Å². The molecule has 0 aromatic heterocycles. The molecule has 3 heterocycles. The van der Waals surface area contributed by atoms with Gasteiger partial charge in [-0.05, 0) is 109 Å². The molecule has 19 heteroatoms. The van der Waals surface area contributed by atoms with Gasteiger partial charge in [0.05, 0.1) is 38.6 Å². The van der Waals surface area contributed by atoms with Crippen molar-refractivity contribution >= 4 is 5.91 Å². The van der Waals surface area contributed by atoms with E-state index in [1.54, 1.807) is 6.08 Å². The summed E-state index contributed by atoms with van der Waals surface area (Å²) < 4.78 is 34.5. The lowest BCUT2D eigenvalue weighted by molar-refractivity contribution is -0.379. The van der Waals surface area contributed by atoms with Gasteiger partial charge in [0.1, 0.15) is 73.2 Å². The van der Waals surface area contributed by atoms with Crippen molar-refractivity contribution in [3.63, 3.8) is 0 Å². The topological polar surface area (TPSA) is 307 Å². The number of aliphatic hydroxyl groups excluding tert-OH is 11. The molecule has 0 saturated carbocycles. The van der Waals surface area contributed by atoms with Gasteiger partial charge in [0, 0.05) is 6.42 Å². The molecule has 0 aromatic carbocycles. The van der Waals surface area contributed by atoms with Crippen LogP contribution in [0.15, 0.2) is 134 Å². The maximum absolute atomic E-state index is 13.5. The Morgan fingerprint density at radius 3 is 1.01 bits per heavy atom. The summed E-state index contributed by atoms with van der Waals surface area (Å²) in [6, 6.07) is -1.01. The molecule has 638 valence electrons. The molecule has 111 heavy (non-hydrogen) atoms. The van der Waals surface area contributed by atoms with Crippen LogP contribution in [0.25, 0.3) is 0 Å². The first-order chi connectivity index (χ1) is 54.3. The lowest BCUT2D eigenvalue weighted by Crippen LogP contribution is -2.66. The maximum atomic E-state index is 13.5. The minimum atomic E-state index is -1.99. The molecule has 0 bridgehead atoms. The van der Waals surface area contributed by atoms with Gasteiger partial charge in [-0.3, -0.25) is 4.79 Å². The van der Waals surface area contributed by atoms with E-state index in [0.717, 1.165) is 122 Å². The number of hydrogen-bond acceptors (Lipinski definition) is 18. The Labute approximate surface area is 670 Å². The van der Waals surface area contributed by atoms with Crippen molar-refractivity contribution in [3.8, 4) is 0 Å². The third-order valence-corrected chi connectivity index (χ3v) is 20.9. The number of allylic oxidation sites excluding steroid dienone is 21. The lowest BCUT2D eigenvalue weighted by Gasteiger charge is -2.48. The highest BCUT2D eigenvalue weighted by Gasteiger charge is 2.54. The zero-order chi connectivity index (χ0) is 80.3. The number of carbonyl (C=O) groups excluding carboxylic acids is 1. The van der Waals surface area contributed by atoms with E-state index in [2.05, 4.69) is 141 Å². The summed E-state index contributed by atoms with van der Waals surface area (Å²) in [5.74, 6) is -0.301. The van der Waals surface area contributed by atoms with Gasteiger partial charge >= 0.3 is 0 Å². The van der Waals surface area contributed by atoms with E-state index in [1.807, 2.05) is 6.08 Å². The van der Waals surface area contributed by atoms with Crippen molar-refractivity contribution in [2.24, 2.45) is 0 Å². The van der Waals surface area contributed by atoms with Crippen molar-refractivity contribution in [1.29, 1.82) is 0 Å². The Morgan fingerprint density at radius 2 is 0.631 bits per heavy atom. The third-order valence-electron chi connectivity index (χ3n) is 20.9. The van der Waals surface area contributed by atoms with Crippen molar-refractivity contribution in [3.05, 3.63) is 134 Å². The van der Waals surface area contributed by atoms with Crippen LogP contribution in [0.2, 0.25) is 0 Å². The number of amides is 1. The molecule has 0 aliphatic carbocycles. The molecule has 19 nitrogen and oxygen atoms in total. The van der Waals surface area contributed by atoms with Gasteiger partial charge in [0.15, 0.2) is 18.9 Å². The Kier molecular flexibility index (Phi) is 63.9. The number of rotatable bonds is 69. The van der Waals surface area contributed by atoms with E-state index in [0.29, 0.717) is 12.8 Å². The van der Waals surface area contributed by atoms with Crippen molar-refractivity contribution in [2.45, 2.75) is 413 Å². The van der Waals surface area contributed by atoms with Gasteiger partial charge in [0.2, 0.25) is 5.91 Å². The summed E-state index contributed by atoms with van der Waals surface area (Å²) in [6.45, 7) is 1.61. The number of nitrogens with one attached hydrogen (secondary N) is 1. The minimum Gasteiger partial charge on any atom is -0.394 e. The highest BCUT2D eigenvalue weighted by molar-refractivity contribution is 5.76. The summed E-state index contributed by atoms with van der Waals surface area (Å²) in [5.41, 5.74) is 0. The number of aliphatic hydroxyl groups is 11. The second kappa shape index (κ2) is 70.2. The maximum Gasteiger partial charge on any atom is 0.220 e. The zero-order valence-electron chi connectivity index (χ0n) is 68.6. The summed E-state index contributed by atoms with van der Waals surface area (Å²) in [7, 11) is 0. The van der Waals surface area contributed by atoms with E-state index >= 15 is 0 Å². The van der Waals surface area contributed by atoms with Crippen LogP contribution < -0.4 is 5.32 Å². The molecular formula is C92H157NO18. The molecule has 1 amide bonds. The molecule has 3 fully saturated rings. The van der Waals surface area contributed by atoms with E-state index in [-0.39, 0.29) is 18.9 Å². The molecule has 0 radical (unpaired) electrons. The van der Waals surface area contributed by atoms with Crippen LogP contribution >= 0.6 is 0 Å². The molecule has 3 aliphatic heterocycles. The first-order valence-electron chi connectivity index (χ1n) is 43.9. The average Bonchev–Trinajstić information content (AvgIpc) is 0.780. The van der Waals surface area contributed by atoms with Gasteiger partial charge in [-0.2, -0.15) is 0 Å². The van der Waals surface area contributed by atoms with Crippen LogP contribution in [0.1, 0.15) is 309 Å². The normalized spacial score (nSPS) is 25.7. The van der Waals surface area contributed by atoms with E-state index in [4.69, 9.17) is 28.4 Å².